The van der Waals surface area contributed by atoms with E-state index >= 15 is 0 Å². The van der Waals surface area contributed by atoms with Crippen molar-refractivity contribution in [3.05, 3.63) is 0 Å². The lowest BCUT2D eigenvalue weighted by molar-refractivity contribution is -0.126. The van der Waals surface area contributed by atoms with E-state index in [-0.39, 0.29) is 12.3 Å². The molecule has 0 spiro atoms. The van der Waals surface area contributed by atoms with Crippen LogP contribution in [0.15, 0.2) is 0 Å². The van der Waals surface area contributed by atoms with Crippen LogP contribution in [0.3, 0.4) is 0 Å². The molecule has 0 aromatic carbocycles. The van der Waals surface area contributed by atoms with E-state index in [1.165, 1.54) is 77.0 Å². The van der Waals surface area contributed by atoms with Gasteiger partial charge in [0, 0.05) is 19.6 Å². The van der Waals surface area contributed by atoms with Gasteiger partial charge in [0.05, 0.1) is 0 Å². The van der Waals surface area contributed by atoms with Crippen molar-refractivity contribution in [2.24, 2.45) is 5.73 Å². The van der Waals surface area contributed by atoms with Crippen LogP contribution in [0.2, 0.25) is 0 Å². The fourth-order valence-corrected chi connectivity index (χ4v) is 3.01. The molecule has 4 N–H and O–H groups in total. The van der Waals surface area contributed by atoms with Crippen molar-refractivity contribution in [3.8, 4) is 0 Å². The number of hydrogen-bond acceptors (Lipinski definition) is 4. The van der Waals surface area contributed by atoms with Gasteiger partial charge < -0.3 is 15.9 Å². The molecule has 0 heterocycles. The Balaban J connectivity index is 3.09. The summed E-state index contributed by atoms with van der Waals surface area (Å²) in [5.74, 6) is -0.106. The summed E-state index contributed by atoms with van der Waals surface area (Å²) < 4.78 is 0. The number of carbonyl (C=O) groups excluding carboxylic acids is 1. The SMILES string of the molecule is NCC(O)C(=O)CCCCCCCCCCCCCCCCCO. The Morgan fingerprint density at radius 1 is 0.667 bits per heavy atom. The average molecular weight is 344 g/mol. The first-order valence-electron chi connectivity index (χ1n) is 10.2. The molecule has 144 valence electrons. The summed E-state index contributed by atoms with van der Waals surface area (Å²) in [5, 5.41) is 18.0. The Kier molecular flexibility index (Phi) is 18.5. The van der Waals surface area contributed by atoms with Crippen LogP contribution in [0, 0.1) is 0 Å². The van der Waals surface area contributed by atoms with Crippen molar-refractivity contribution in [2.45, 2.75) is 109 Å². The molecule has 24 heavy (non-hydrogen) atoms. The summed E-state index contributed by atoms with van der Waals surface area (Å²) in [4.78, 5) is 11.4. The van der Waals surface area contributed by atoms with Gasteiger partial charge in [-0.05, 0) is 12.8 Å². The zero-order chi connectivity index (χ0) is 17.9. The molecule has 0 aromatic heterocycles. The van der Waals surface area contributed by atoms with Crippen LogP contribution in [0.25, 0.3) is 0 Å². The number of ketones is 1. The standard InChI is InChI=1S/C20H41NO3/c21-18-20(24)19(23)16-14-12-10-8-6-4-2-1-3-5-7-9-11-13-15-17-22/h20,22,24H,1-18,21H2. The third-order valence-electron chi connectivity index (χ3n) is 4.68. The van der Waals surface area contributed by atoms with Gasteiger partial charge in [-0.2, -0.15) is 0 Å². The second-order valence-corrected chi connectivity index (χ2v) is 6.99. The van der Waals surface area contributed by atoms with Crippen LogP contribution in [-0.4, -0.2) is 35.3 Å². The van der Waals surface area contributed by atoms with Gasteiger partial charge in [-0.3, -0.25) is 4.79 Å². The first-order chi connectivity index (χ1) is 11.7. The second-order valence-electron chi connectivity index (χ2n) is 6.99. The maximum Gasteiger partial charge on any atom is 0.162 e. The molecule has 0 aliphatic rings. The molecule has 0 radical (unpaired) electrons. The summed E-state index contributed by atoms with van der Waals surface area (Å²) in [6.07, 6.45) is 18.1. The summed E-state index contributed by atoms with van der Waals surface area (Å²) in [7, 11) is 0. The number of hydrogen-bond donors (Lipinski definition) is 3. The third-order valence-corrected chi connectivity index (χ3v) is 4.68. The third kappa shape index (κ3) is 16.4. The fraction of sp³-hybridized carbons (Fsp3) is 0.950. The van der Waals surface area contributed by atoms with Gasteiger partial charge in [-0.1, -0.05) is 83.5 Å². The molecule has 0 aliphatic heterocycles. The monoisotopic (exact) mass is 343 g/mol. The van der Waals surface area contributed by atoms with E-state index in [0.29, 0.717) is 13.0 Å². The molecule has 0 rings (SSSR count). The number of aliphatic hydroxyl groups excluding tert-OH is 2. The minimum Gasteiger partial charge on any atom is -0.396 e. The fourth-order valence-electron chi connectivity index (χ4n) is 3.01. The molecule has 0 saturated carbocycles. The molecule has 1 atom stereocenters. The zero-order valence-corrected chi connectivity index (χ0v) is 15.7. The first kappa shape index (κ1) is 23.5. The molecular formula is C20H41NO3. The first-order valence-corrected chi connectivity index (χ1v) is 10.2. The number of rotatable bonds is 19. The molecule has 0 aliphatic carbocycles. The number of nitrogens with two attached hydrogens (primary N) is 1. The number of aliphatic hydroxyl groups is 2. The van der Waals surface area contributed by atoms with Crippen molar-refractivity contribution >= 4 is 5.78 Å². The largest absolute Gasteiger partial charge is 0.396 e. The van der Waals surface area contributed by atoms with Crippen molar-refractivity contribution < 1.29 is 15.0 Å². The Morgan fingerprint density at radius 3 is 1.33 bits per heavy atom. The Morgan fingerprint density at radius 2 is 1.00 bits per heavy atom. The van der Waals surface area contributed by atoms with Crippen LogP contribution in [-0.2, 0) is 4.79 Å². The molecule has 4 heteroatoms. The predicted molar refractivity (Wildman–Crippen MR) is 101 cm³/mol. The summed E-state index contributed by atoms with van der Waals surface area (Å²) in [6, 6.07) is 0. The van der Waals surface area contributed by atoms with E-state index in [0.717, 1.165) is 19.3 Å². The van der Waals surface area contributed by atoms with Crippen molar-refractivity contribution in [2.75, 3.05) is 13.2 Å². The zero-order valence-electron chi connectivity index (χ0n) is 15.7. The molecule has 0 aromatic rings. The Labute approximate surface area is 149 Å². The minimum absolute atomic E-state index is 0.0442. The molecule has 0 amide bonds. The van der Waals surface area contributed by atoms with E-state index in [1.807, 2.05) is 0 Å². The number of Topliss-reactive ketones (excluding diaryl/α,β-unsaturated/α-hetero) is 1. The maximum absolute atomic E-state index is 11.4. The summed E-state index contributed by atoms with van der Waals surface area (Å²) in [5.41, 5.74) is 5.26. The minimum atomic E-state index is -0.953. The summed E-state index contributed by atoms with van der Waals surface area (Å²) in [6.45, 7) is 0.387. The maximum atomic E-state index is 11.4. The summed E-state index contributed by atoms with van der Waals surface area (Å²) >= 11 is 0. The van der Waals surface area contributed by atoms with E-state index in [4.69, 9.17) is 10.8 Å². The highest BCUT2D eigenvalue weighted by atomic mass is 16.3. The molecular weight excluding hydrogens is 302 g/mol. The van der Waals surface area contributed by atoms with Crippen LogP contribution in [0.4, 0.5) is 0 Å². The normalized spacial score (nSPS) is 12.5. The predicted octanol–water partition coefficient (Wildman–Crippen LogP) is 4.11. The van der Waals surface area contributed by atoms with Crippen LogP contribution < -0.4 is 5.73 Å². The van der Waals surface area contributed by atoms with Gasteiger partial charge in [0.2, 0.25) is 0 Å². The lowest BCUT2D eigenvalue weighted by Gasteiger charge is -2.06. The van der Waals surface area contributed by atoms with Crippen LogP contribution in [0.5, 0.6) is 0 Å². The average Bonchev–Trinajstić information content (AvgIpc) is 2.60. The Hall–Kier alpha value is -0.450. The highest BCUT2D eigenvalue weighted by Gasteiger charge is 2.11. The van der Waals surface area contributed by atoms with Crippen LogP contribution in [0.1, 0.15) is 103 Å². The second kappa shape index (κ2) is 18.9. The van der Waals surface area contributed by atoms with Crippen molar-refractivity contribution in [3.63, 3.8) is 0 Å². The van der Waals surface area contributed by atoms with Gasteiger partial charge in [-0.25, -0.2) is 0 Å². The lowest BCUT2D eigenvalue weighted by Crippen LogP contribution is -2.28. The molecule has 0 saturated heterocycles. The van der Waals surface area contributed by atoms with E-state index in [9.17, 15) is 9.90 Å². The lowest BCUT2D eigenvalue weighted by atomic mass is 10.0. The highest BCUT2D eigenvalue weighted by Crippen LogP contribution is 2.13. The topological polar surface area (TPSA) is 83.5 Å². The Bertz CT molecular complexity index is 272. The van der Waals surface area contributed by atoms with Gasteiger partial charge in [-0.15, -0.1) is 0 Å². The molecule has 4 nitrogen and oxygen atoms in total. The van der Waals surface area contributed by atoms with E-state index in [2.05, 4.69) is 0 Å². The van der Waals surface area contributed by atoms with Gasteiger partial charge in [0.15, 0.2) is 5.78 Å². The molecule has 1 unspecified atom stereocenters. The van der Waals surface area contributed by atoms with Crippen LogP contribution >= 0.6 is 0 Å². The number of unbranched alkanes of at least 4 members (excludes halogenated alkanes) is 14. The molecule has 0 bridgehead atoms. The quantitative estimate of drug-likeness (QED) is 0.308. The molecule has 0 fully saturated rings. The smallest absolute Gasteiger partial charge is 0.162 e. The van der Waals surface area contributed by atoms with Crippen molar-refractivity contribution in [1.29, 1.82) is 0 Å². The van der Waals surface area contributed by atoms with E-state index < -0.39 is 6.10 Å². The highest BCUT2D eigenvalue weighted by molar-refractivity contribution is 5.82. The van der Waals surface area contributed by atoms with Gasteiger partial charge in [0.1, 0.15) is 6.10 Å². The van der Waals surface area contributed by atoms with Gasteiger partial charge in [0.25, 0.3) is 0 Å². The van der Waals surface area contributed by atoms with Crippen molar-refractivity contribution in [1.82, 2.24) is 0 Å². The number of carbonyl (C=O) groups is 1. The van der Waals surface area contributed by atoms with E-state index in [1.54, 1.807) is 0 Å². The van der Waals surface area contributed by atoms with Gasteiger partial charge >= 0.3 is 0 Å².